The summed E-state index contributed by atoms with van der Waals surface area (Å²) in [4.78, 5) is 1.97. The number of benzene rings is 1. The van der Waals surface area contributed by atoms with Crippen LogP contribution < -0.4 is 10.6 Å². The fraction of sp³-hybridized carbons (Fsp3) is 0.455. The molecule has 2 N–H and O–H groups in total. The van der Waals surface area contributed by atoms with Crippen LogP contribution in [0.15, 0.2) is 22.7 Å². The molecule has 1 aromatic carbocycles. The number of rotatable bonds is 5. The van der Waals surface area contributed by atoms with E-state index in [9.17, 15) is 8.42 Å². The van der Waals surface area contributed by atoms with Crippen molar-refractivity contribution in [3.8, 4) is 0 Å². The van der Waals surface area contributed by atoms with Crippen LogP contribution in [-0.2, 0) is 9.84 Å². The number of nitrogen functional groups attached to an aromatic ring is 1. The highest BCUT2D eigenvalue weighted by molar-refractivity contribution is 9.10. The lowest BCUT2D eigenvalue weighted by atomic mass is 10.2. The molecule has 0 atom stereocenters. The lowest BCUT2D eigenvalue weighted by Crippen LogP contribution is -2.21. The molecule has 1 aromatic rings. The lowest BCUT2D eigenvalue weighted by molar-refractivity contribution is 0.599. The second-order valence-electron chi connectivity index (χ2n) is 4.11. The van der Waals surface area contributed by atoms with Crippen molar-refractivity contribution >= 4 is 37.1 Å². The van der Waals surface area contributed by atoms with Gasteiger partial charge in [-0.3, -0.25) is 0 Å². The van der Waals surface area contributed by atoms with Crippen molar-refractivity contribution in [3.05, 3.63) is 22.7 Å². The average Bonchev–Trinajstić information content (AvgIpc) is 2.15. The summed E-state index contributed by atoms with van der Waals surface area (Å²) in [6.07, 6.45) is 1.85. The van der Waals surface area contributed by atoms with E-state index in [0.29, 0.717) is 18.7 Å². The van der Waals surface area contributed by atoms with Crippen LogP contribution in [-0.4, -0.2) is 34.0 Å². The molecule has 0 aliphatic carbocycles. The van der Waals surface area contributed by atoms with Gasteiger partial charge in [0.05, 0.1) is 17.1 Å². The number of hydrogen-bond donors (Lipinski definition) is 1. The van der Waals surface area contributed by atoms with Crippen molar-refractivity contribution < 1.29 is 8.42 Å². The second-order valence-corrected chi connectivity index (χ2v) is 7.28. The first-order valence-corrected chi connectivity index (χ1v) is 8.09. The molecule has 0 fully saturated rings. The summed E-state index contributed by atoms with van der Waals surface area (Å²) >= 11 is 3.35. The Kier molecular flexibility index (Phi) is 4.82. The molecule has 0 aliphatic heterocycles. The first-order chi connectivity index (χ1) is 7.79. The Morgan fingerprint density at radius 2 is 2.06 bits per heavy atom. The number of nitrogens with two attached hydrogens (primary N) is 1. The highest BCUT2D eigenvalue weighted by atomic mass is 79.9. The van der Waals surface area contributed by atoms with Crippen LogP contribution in [0.3, 0.4) is 0 Å². The van der Waals surface area contributed by atoms with Crippen molar-refractivity contribution in [2.75, 3.05) is 36.2 Å². The monoisotopic (exact) mass is 320 g/mol. The summed E-state index contributed by atoms with van der Waals surface area (Å²) < 4.78 is 23.0. The van der Waals surface area contributed by atoms with Gasteiger partial charge in [0.2, 0.25) is 0 Å². The predicted octanol–water partition coefficient (Wildman–Crippen LogP) is 1.90. The van der Waals surface area contributed by atoms with Crippen LogP contribution >= 0.6 is 15.9 Å². The third-order valence-electron chi connectivity index (χ3n) is 2.41. The molecule has 0 bridgehead atoms. The van der Waals surface area contributed by atoms with Crippen molar-refractivity contribution in [1.29, 1.82) is 0 Å². The van der Waals surface area contributed by atoms with E-state index in [1.54, 1.807) is 0 Å². The molecule has 0 aromatic heterocycles. The summed E-state index contributed by atoms with van der Waals surface area (Å²) in [6, 6.07) is 5.67. The van der Waals surface area contributed by atoms with E-state index in [1.165, 1.54) is 6.26 Å². The molecular formula is C11H17BrN2O2S. The maximum Gasteiger partial charge on any atom is 0.147 e. The summed E-state index contributed by atoms with van der Waals surface area (Å²) in [5.74, 6) is 0.202. The first-order valence-electron chi connectivity index (χ1n) is 5.23. The Morgan fingerprint density at radius 1 is 1.41 bits per heavy atom. The molecular weight excluding hydrogens is 304 g/mol. The summed E-state index contributed by atoms with van der Waals surface area (Å²) in [5, 5.41) is 0. The fourth-order valence-electron chi connectivity index (χ4n) is 1.56. The van der Waals surface area contributed by atoms with Gasteiger partial charge in [-0.25, -0.2) is 8.42 Å². The molecule has 17 heavy (non-hydrogen) atoms. The third-order valence-corrected chi connectivity index (χ3v) is 3.93. The van der Waals surface area contributed by atoms with E-state index in [1.807, 2.05) is 30.1 Å². The molecule has 0 spiro atoms. The molecule has 0 aliphatic rings. The van der Waals surface area contributed by atoms with E-state index in [4.69, 9.17) is 5.73 Å². The Hall–Kier alpha value is -0.750. The number of anilines is 2. The Bertz CT molecular complexity index is 488. The van der Waals surface area contributed by atoms with Gasteiger partial charge in [-0.15, -0.1) is 0 Å². The Balaban J connectivity index is 2.61. The largest absolute Gasteiger partial charge is 0.397 e. The molecule has 96 valence electrons. The molecule has 0 saturated heterocycles. The van der Waals surface area contributed by atoms with Gasteiger partial charge in [0.25, 0.3) is 0 Å². The van der Waals surface area contributed by atoms with Crippen molar-refractivity contribution in [2.45, 2.75) is 6.42 Å². The van der Waals surface area contributed by atoms with E-state index in [0.717, 1.165) is 10.2 Å². The van der Waals surface area contributed by atoms with Gasteiger partial charge in [0, 0.05) is 24.3 Å². The number of hydrogen-bond acceptors (Lipinski definition) is 4. The minimum absolute atomic E-state index is 0.202. The van der Waals surface area contributed by atoms with Crippen LogP contribution in [0.2, 0.25) is 0 Å². The molecule has 0 unspecified atom stereocenters. The highest BCUT2D eigenvalue weighted by Crippen LogP contribution is 2.25. The van der Waals surface area contributed by atoms with Gasteiger partial charge < -0.3 is 10.6 Å². The molecule has 1 rings (SSSR count). The highest BCUT2D eigenvalue weighted by Gasteiger charge is 2.07. The van der Waals surface area contributed by atoms with E-state index >= 15 is 0 Å². The van der Waals surface area contributed by atoms with Crippen LogP contribution in [0.1, 0.15) is 6.42 Å². The summed E-state index contributed by atoms with van der Waals surface area (Å²) in [6.45, 7) is 0.666. The Morgan fingerprint density at radius 3 is 2.59 bits per heavy atom. The zero-order valence-corrected chi connectivity index (χ0v) is 12.4. The van der Waals surface area contributed by atoms with E-state index < -0.39 is 9.84 Å². The predicted molar refractivity (Wildman–Crippen MR) is 76.2 cm³/mol. The van der Waals surface area contributed by atoms with Crippen LogP contribution in [0.4, 0.5) is 11.4 Å². The summed E-state index contributed by atoms with van der Waals surface area (Å²) in [5.41, 5.74) is 7.49. The molecule has 4 nitrogen and oxygen atoms in total. The van der Waals surface area contributed by atoms with Crippen molar-refractivity contribution in [3.63, 3.8) is 0 Å². The third kappa shape index (κ3) is 4.95. The maximum absolute atomic E-state index is 11.0. The second kappa shape index (κ2) is 5.73. The van der Waals surface area contributed by atoms with Gasteiger partial charge in [0.1, 0.15) is 9.84 Å². The summed E-state index contributed by atoms with van der Waals surface area (Å²) in [7, 11) is -0.980. The molecule has 0 saturated carbocycles. The fourth-order valence-corrected chi connectivity index (χ4v) is 2.59. The van der Waals surface area contributed by atoms with E-state index in [-0.39, 0.29) is 5.75 Å². The molecule has 6 heteroatoms. The van der Waals surface area contributed by atoms with Crippen LogP contribution in [0.5, 0.6) is 0 Å². The van der Waals surface area contributed by atoms with Crippen molar-refractivity contribution in [2.24, 2.45) is 0 Å². The maximum atomic E-state index is 11.0. The van der Waals surface area contributed by atoms with Gasteiger partial charge in [-0.1, -0.05) is 15.9 Å². The van der Waals surface area contributed by atoms with Gasteiger partial charge in [-0.05, 0) is 24.6 Å². The normalized spacial score (nSPS) is 11.5. The van der Waals surface area contributed by atoms with Crippen LogP contribution in [0.25, 0.3) is 0 Å². The van der Waals surface area contributed by atoms with Gasteiger partial charge in [0.15, 0.2) is 0 Å². The SMILES string of the molecule is CN(CCCS(C)(=O)=O)c1ccc(Br)cc1N. The molecule has 0 radical (unpaired) electrons. The quantitative estimate of drug-likeness (QED) is 0.842. The minimum Gasteiger partial charge on any atom is -0.397 e. The van der Waals surface area contributed by atoms with Crippen LogP contribution in [0, 0.1) is 0 Å². The van der Waals surface area contributed by atoms with E-state index in [2.05, 4.69) is 15.9 Å². The smallest absolute Gasteiger partial charge is 0.147 e. The first kappa shape index (κ1) is 14.3. The molecule has 0 amide bonds. The number of sulfone groups is 1. The zero-order chi connectivity index (χ0) is 13.1. The standard InChI is InChI=1S/C11H17BrN2O2S/c1-14(6-3-7-17(2,15)16)11-5-4-9(12)8-10(11)13/h4-5,8H,3,6-7,13H2,1-2H3. The van der Waals surface area contributed by atoms with Gasteiger partial charge in [-0.2, -0.15) is 0 Å². The minimum atomic E-state index is -2.88. The average molecular weight is 321 g/mol. The zero-order valence-electron chi connectivity index (χ0n) is 9.98. The van der Waals surface area contributed by atoms with Crippen molar-refractivity contribution in [1.82, 2.24) is 0 Å². The van der Waals surface area contributed by atoms with Gasteiger partial charge >= 0.3 is 0 Å². The Labute approximate surface area is 111 Å². The number of halogens is 1. The number of nitrogens with zero attached hydrogens (tertiary/aromatic N) is 1. The lowest BCUT2D eigenvalue weighted by Gasteiger charge is -2.21. The molecule has 0 heterocycles. The topological polar surface area (TPSA) is 63.4 Å².